The molecule has 0 bridgehead atoms. The molecule has 3 rings (SSSR count). The quantitative estimate of drug-likeness (QED) is 0.527. The fourth-order valence-electron chi connectivity index (χ4n) is 1.88. The van der Waals surface area contributed by atoms with Crippen LogP contribution < -0.4 is 0 Å². The van der Waals surface area contributed by atoms with Gasteiger partial charge in [0.15, 0.2) is 0 Å². The van der Waals surface area contributed by atoms with E-state index in [9.17, 15) is 0 Å². The Morgan fingerprint density at radius 2 is 2.00 bits per heavy atom. The van der Waals surface area contributed by atoms with Gasteiger partial charge >= 0.3 is 0 Å². The molecule has 0 spiro atoms. The van der Waals surface area contributed by atoms with E-state index in [0.29, 0.717) is 11.1 Å². The Labute approximate surface area is 121 Å². The van der Waals surface area contributed by atoms with Crippen LogP contribution in [0.4, 0.5) is 0 Å². The zero-order valence-corrected chi connectivity index (χ0v) is 11.6. The molecule has 3 aromatic rings. The van der Waals surface area contributed by atoms with E-state index in [2.05, 4.69) is 46.8 Å². The predicted octanol–water partition coefficient (Wildman–Crippen LogP) is 4.32. The van der Waals surface area contributed by atoms with Crippen LogP contribution in [0.2, 0.25) is 0 Å². The van der Waals surface area contributed by atoms with E-state index in [4.69, 9.17) is 4.42 Å². The lowest BCUT2D eigenvalue weighted by Crippen LogP contribution is -1.78. The first-order valence-corrected chi connectivity index (χ1v) is 7.15. The van der Waals surface area contributed by atoms with E-state index in [1.165, 1.54) is 17.1 Å². The highest BCUT2D eigenvalue weighted by atomic mass is 32.2. The summed E-state index contributed by atoms with van der Waals surface area (Å²) >= 11 is 1.47. The topological polar surface area (TPSA) is 38.9 Å². The Hall–Kier alpha value is -2.29. The van der Waals surface area contributed by atoms with Gasteiger partial charge in [0.2, 0.25) is 5.89 Å². The third kappa shape index (κ3) is 2.67. The summed E-state index contributed by atoms with van der Waals surface area (Å²) < 4.78 is 5.64. The van der Waals surface area contributed by atoms with Crippen molar-refractivity contribution < 1.29 is 4.42 Å². The van der Waals surface area contributed by atoms with Gasteiger partial charge in [-0.2, -0.15) is 0 Å². The van der Waals surface area contributed by atoms with Crippen molar-refractivity contribution in [1.82, 2.24) is 10.2 Å². The normalized spacial score (nSPS) is 10.4. The van der Waals surface area contributed by atoms with Crippen LogP contribution in [0, 0.1) is 0 Å². The van der Waals surface area contributed by atoms with Crippen molar-refractivity contribution >= 4 is 22.5 Å². The van der Waals surface area contributed by atoms with Crippen molar-refractivity contribution in [2.24, 2.45) is 0 Å². The number of aromatic nitrogens is 2. The molecule has 20 heavy (non-hydrogen) atoms. The van der Waals surface area contributed by atoms with Gasteiger partial charge in [-0.05, 0) is 29.0 Å². The Balaban J connectivity index is 1.88. The summed E-state index contributed by atoms with van der Waals surface area (Å²) in [6, 6.07) is 14.3. The maximum absolute atomic E-state index is 5.64. The molecule has 3 nitrogen and oxygen atoms in total. The molecule has 0 radical (unpaired) electrons. The largest absolute Gasteiger partial charge is 0.411 e. The van der Waals surface area contributed by atoms with Gasteiger partial charge in [-0.3, -0.25) is 0 Å². The van der Waals surface area contributed by atoms with E-state index in [1.807, 2.05) is 24.3 Å². The average Bonchev–Trinajstić information content (AvgIpc) is 2.96. The smallest absolute Gasteiger partial charge is 0.277 e. The number of hydrogen-bond donors (Lipinski definition) is 0. The summed E-state index contributed by atoms with van der Waals surface area (Å²) in [6.45, 7) is 3.51. The number of benzene rings is 2. The minimum Gasteiger partial charge on any atom is -0.411 e. The van der Waals surface area contributed by atoms with Gasteiger partial charge < -0.3 is 4.42 Å². The second-order valence-corrected chi connectivity index (χ2v) is 5.13. The molecule has 0 saturated carbocycles. The molecule has 0 aliphatic rings. The zero-order chi connectivity index (χ0) is 13.8. The molecule has 0 saturated heterocycles. The van der Waals surface area contributed by atoms with E-state index in [1.54, 1.807) is 0 Å². The fraction of sp³-hybridized carbons (Fsp3) is 0.0625. The van der Waals surface area contributed by atoms with Crippen molar-refractivity contribution in [3.05, 3.63) is 60.9 Å². The van der Waals surface area contributed by atoms with E-state index >= 15 is 0 Å². The molecule has 0 amide bonds. The number of thioether (sulfide) groups is 1. The number of fused-ring (bicyclic) bond motifs is 1. The fourth-order valence-corrected chi connectivity index (χ4v) is 2.46. The van der Waals surface area contributed by atoms with Crippen LogP contribution >= 0.6 is 11.8 Å². The highest BCUT2D eigenvalue weighted by molar-refractivity contribution is 7.99. The van der Waals surface area contributed by atoms with Crippen molar-refractivity contribution in [3.63, 3.8) is 0 Å². The van der Waals surface area contributed by atoms with Crippen molar-refractivity contribution in [2.75, 3.05) is 5.75 Å². The summed E-state index contributed by atoms with van der Waals surface area (Å²) in [7, 11) is 0. The van der Waals surface area contributed by atoms with E-state index < -0.39 is 0 Å². The van der Waals surface area contributed by atoms with Crippen LogP contribution in [-0.4, -0.2) is 16.0 Å². The zero-order valence-electron chi connectivity index (χ0n) is 10.7. The van der Waals surface area contributed by atoms with Crippen molar-refractivity contribution in [3.8, 4) is 11.5 Å². The molecular formula is C16H12N2OS. The Bertz CT molecular complexity index is 788. The molecule has 1 aromatic heterocycles. The molecule has 0 unspecified atom stereocenters. The Morgan fingerprint density at radius 3 is 2.85 bits per heavy atom. The Morgan fingerprint density at radius 1 is 1.15 bits per heavy atom. The van der Waals surface area contributed by atoms with Gasteiger partial charge in [-0.1, -0.05) is 48.7 Å². The van der Waals surface area contributed by atoms with Gasteiger partial charge in [0.25, 0.3) is 5.22 Å². The lowest BCUT2D eigenvalue weighted by Gasteiger charge is -1.99. The summed E-state index contributed by atoms with van der Waals surface area (Å²) in [5.74, 6) is 1.27. The second-order valence-electron chi connectivity index (χ2n) is 4.15. The molecule has 0 aliphatic carbocycles. The molecule has 98 valence electrons. The van der Waals surface area contributed by atoms with Gasteiger partial charge in [-0.25, -0.2) is 0 Å². The van der Waals surface area contributed by atoms with Crippen molar-refractivity contribution in [2.45, 2.75) is 5.22 Å². The van der Waals surface area contributed by atoms with E-state index in [0.717, 1.165) is 16.7 Å². The number of hydrogen-bond acceptors (Lipinski definition) is 4. The molecule has 0 atom stereocenters. The highest BCUT2D eigenvalue weighted by Gasteiger charge is 2.08. The minimum atomic E-state index is 0.542. The SMILES string of the molecule is C=C=CCSc1nnc(-c2ccc3ccccc3c2)o1. The summed E-state index contributed by atoms with van der Waals surface area (Å²) in [5, 5.41) is 11.0. The molecule has 2 aromatic carbocycles. The van der Waals surface area contributed by atoms with Crippen LogP contribution in [0.1, 0.15) is 0 Å². The average molecular weight is 280 g/mol. The third-order valence-corrected chi connectivity index (χ3v) is 3.58. The van der Waals surface area contributed by atoms with Crippen molar-refractivity contribution in [1.29, 1.82) is 0 Å². The third-order valence-electron chi connectivity index (χ3n) is 2.84. The number of nitrogens with zero attached hydrogens (tertiary/aromatic N) is 2. The summed E-state index contributed by atoms with van der Waals surface area (Å²) in [5.41, 5.74) is 3.64. The van der Waals surface area contributed by atoms with Gasteiger partial charge in [0.1, 0.15) is 0 Å². The van der Waals surface area contributed by atoms with Gasteiger partial charge in [0, 0.05) is 11.3 Å². The highest BCUT2D eigenvalue weighted by Crippen LogP contribution is 2.26. The monoisotopic (exact) mass is 280 g/mol. The first kappa shape index (κ1) is 12.7. The van der Waals surface area contributed by atoms with Crippen LogP contribution in [0.5, 0.6) is 0 Å². The molecule has 0 N–H and O–H groups in total. The maximum atomic E-state index is 5.64. The van der Waals surface area contributed by atoms with Crippen LogP contribution in [0.25, 0.3) is 22.2 Å². The molecular weight excluding hydrogens is 268 g/mol. The minimum absolute atomic E-state index is 0.542. The lowest BCUT2D eigenvalue weighted by atomic mass is 10.1. The first-order valence-electron chi connectivity index (χ1n) is 6.16. The van der Waals surface area contributed by atoms with Crippen LogP contribution in [0.3, 0.4) is 0 Å². The van der Waals surface area contributed by atoms with E-state index in [-0.39, 0.29) is 0 Å². The summed E-state index contributed by atoms with van der Waals surface area (Å²) in [6.07, 6.45) is 1.82. The lowest BCUT2D eigenvalue weighted by molar-refractivity contribution is 0.466. The standard InChI is InChI=1S/C16H12N2OS/c1-2-3-10-20-16-18-17-15(19-16)14-9-8-12-6-4-5-7-13(12)11-14/h3-9,11H,1,10H2. The molecule has 4 heteroatoms. The van der Waals surface area contributed by atoms with Gasteiger partial charge in [-0.15, -0.1) is 15.9 Å². The predicted molar refractivity (Wildman–Crippen MR) is 81.7 cm³/mol. The van der Waals surface area contributed by atoms with Gasteiger partial charge in [0.05, 0.1) is 0 Å². The summed E-state index contributed by atoms with van der Waals surface area (Å²) in [4.78, 5) is 0. The maximum Gasteiger partial charge on any atom is 0.277 e. The first-order chi connectivity index (χ1) is 9.86. The second kappa shape index (κ2) is 5.78. The molecule has 0 aliphatic heterocycles. The Kier molecular flexibility index (Phi) is 3.68. The molecule has 1 heterocycles. The molecule has 0 fully saturated rings. The van der Waals surface area contributed by atoms with Crippen LogP contribution in [-0.2, 0) is 0 Å². The van der Waals surface area contributed by atoms with Crippen LogP contribution in [0.15, 0.2) is 70.5 Å². The number of rotatable bonds is 4.